The summed E-state index contributed by atoms with van der Waals surface area (Å²) in [6.45, 7) is 4.90. The molecule has 0 aromatic carbocycles. The molecule has 2 aliphatic rings. The summed E-state index contributed by atoms with van der Waals surface area (Å²) < 4.78 is 1.89. The number of carbonyl (C=O) groups is 3. The Morgan fingerprint density at radius 2 is 1.91 bits per heavy atom. The van der Waals surface area contributed by atoms with Crippen molar-refractivity contribution in [2.75, 3.05) is 13.1 Å². The molecule has 2 N–H and O–H groups in total. The van der Waals surface area contributed by atoms with Gasteiger partial charge < -0.3 is 14.8 Å². The highest BCUT2D eigenvalue weighted by Gasteiger charge is 2.48. The Morgan fingerprint density at radius 3 is 2.39 bits per heavy atom. The molecule has 3 rings (SSSR count). The van der Waals surface area contributed by atoms with E-state index in [1.807, 2.05) is 35.6 Å². The number of piperidine rings is 1. The molecule has 1 atom stereocenters. The number of urea groups is 1. The van der Waals surface area contributed by atoms with Gasteiger partial charge in [-0.1, -0.05) is 0 Å². The SMILES string of the molecule is Cc1ccc(C(=O)N2CCC([C@@]3(C)NC(=O)NC3=O)CC2)n1C. The summed E-state index contributed by atoms with van der Waals surface area (Å²) in [5, 5.41) is 5.03. The van der Waals surface area contributed by atoms with E-state index in [9.17, 15) is 14.4 Å². The largest absolute Gasteiger partial charge is 0.344 e. The predicted molar refractivity (Wildman–Crippen MR) is 83.9 cm³/mol. The number of amides is 4. The zero-order valence-electron chi connectivity index (χ0n) is 13.7. The van der Waals surface area contributed by atoms with Crippen LogP contribution >= 0.6 is 0 Å². The zero-order chi connectivity index (χ0) is 16.8. The molecule has 0 spiro atoms. The molecule has 3 heterocycles. The molecule has 2 aliphatic heterocycles. The van der Waals surface area contributed by atoms with E-state index in [0.29, 0.717) is 31.6 Å². The lowest BCUT2D eigenvalue weighted by atomic mass is 9.79. The molecule has 7 heteroatoms. The van der Waals surface area contributed by atoms with Crippen LogP contribution in [0.25, 0.3) is 0 Å². The molecule has 4 amide bonds. The highest BCUT2D eigenvalue weighted by atomic mass is 16.2. The van der Waals surface area contributed by atoms with Crippen molar-refractivity contribution in [1.29, 1.82) is 0 Å². The average molecular weight is 318 g/mol. The lowest BCUT2D eigenvalue weighted by Gasteiger charge is -2.38. The molecule has 124 valence electrons. The van der Waals surface area contributed by atoms with E-state index >= 15 is 0 Å². The van der Waals surface area contributed by atoms with Gasteiger partial charge in [-0.15, -0.1) is 0 Å². The van der Waals surface area contributed by atoms with E-state index in [1.165, 1.54) is 0 Å². The highest BCUT2D eigenvalue weighted by Crippen LogP contribution is 2.31. The van der Waals surface area contributed by atoms with Crippen molar-refractivity contribution < 1.29 is 14.4 Å². The summed E-state index contributed by atoms with van der Waals surface area (Å²) >= 11 is 0. The minimum Gasteiger partial charge on any atom is -0.344 e. The first kappa shape index (κ1) is 15.6. The van der Waals surface area contributed by atoms with Crippen molar-refractivity contribution in [2.45, 2.75) is 32.2 Å². The lowest BCUT2D eigenvalue weighted by Crippen LogP contribution is -2.54. The molecule has 0 unspecified atom stereocenters. The van der Waals surface area contributed by atoms with Crippen molar-refractivity contribution in [3.05, 3.63) is 23.5 Å². The number of nitrogens with zero attached hydrogens (tertiary/aromatic N) is 2. The van der Waals surface area contributed by atoms with Crippen LogP contribution in [0.2, 0.25) is 0 Å². The summed E-state index contributed by atoms with van der Waals surface area (Å²) in [4.78, 5) is 37.8. The maximum atomic E-state index is 12.6. The van der Waals surface area contributed by atoms with Crippen molar-refractivity contribution in [1.82, 2.24) is 20.1 Å². The van der Waals surface area contributed by atoms with Gasteiger partial charge in [0.25, 0.3) is 11.8 Å². The van der Waals surface area contributed by atoms with Gasteiger partial charge >= 0.3 is 6.03 Å². The number of imide groups is 1. The third kappa shape index (κ3) is 2.50. The standard InChI is InChI=1S/C16H22N4O3/c1-10-4-5-12(19(10)3)13(21)20-8-6-11(7-9-20)16(2)14(22)17-15(23)18-16/h4-5,11H,6-9H2,1-3H3,(H2,17,18,22,23)/t16-/m1/s1. The second-order valence-electron chi connectivity index (χ2n) is 6.60. The molecular formula is C16H22N4O3. The van der Waals surface area contributed by atoms with E-state index in [1.54, 1.807) is 6.92 Å². The van der Waals surface area contributed by atoms with Gasteiger partial charge in [0, 0.05) is 25.8 Å². The average Bonchev–Trinajstić information content (AvgIpc) is 2.99. The van der Waals surface area contributed by atoms with Gasteiger partial charge in [0.15, 0.2) is 0 Å². The quantitative estimate of drug-likeness (QED) is 0.791. The predicted octanol–water partition coefficient (Wildman–Crippen LogP) is 0.784. The second kappa shape index (κ2) is 5.40. The minimum absolute atomic E-state index is 0.0177. The topological polar surface area (TPSA) is 83.4 Å². The van der Waals surface area contributed by atoms with Crippen LogP contribution < -0.4 is 10.6 Å². The fourth-order valence-electron chi connectivity index (χ4n) is 3.49. The Morgan fingerprint density at radius 1 is 1.26 bits per heavy atom. The Kier molecular flexibility index (Phi) is 3.66. The van der Waals surface area contributed by atoms with Crippen molar-refractivity contribution >= 4 is 17.8 Å². The van der Waals surface area contributed by atoms with Crippen LogP contribution in [-0.2, 0) is 11.8 Å². The van der Waals surface area contributed by atoms with Gasteiger partial charge in [0.05, 0.1) is 0 Å². The number of likely N-dealkylation sites (tertiary alicyclic amines) is 1. The molecule has 1 aromatic rings. The maximum Gasteiger partial charge on any atom is 0.322 e. The smallest absolute Gasteiger partial charge is 0.322 e. The van der Waals surface area contributed by atoms with Gasteiger partial charge in [-0.3, -0.25) is 14.9 Å². The molecule has 0 saturated carbocycles. The van der Waals surface area contributed by atoms with E-state index in [2.05, 4.69) is 10.6 Å². The van der Waals surface area contributed by atoms with Crippen LogP contribution in [0, 0.1) is 12.8 Å². The van der Waals surface area contributed by atoms with E-state index in [-0.39, 0.29) is 17.7 Å². The monoisotopic (exact) mass is 318 g/mol. The molecular weight excluding hydrogens is 296 g/mol. The third-order valence-electron chi connectivity index (χ3n) is 5.26. The van der Waals surface area contributed by atoms with Gasteiger partial charge in [-0.2, -0.15) is 0 Å². The van der Waals surface area contributed by atoms with Gasteiger partial charge in [-0.25, -0.2) is 4.79 Å². The number of rotatable bonds is 2. The summed E-state index contributed by atoms with van der Waals surface area (Å²) in [5.41, 5.74) is 0.855. The number of nitrogens with one attached hydrogen (secondary N) is 2. The first-order valence-corrected chi connectivity index (χ1v) is 7.88. The number of hydrogen-bond acceptors (Lipinski definition) is 3. The minimum atomic E-state index is -0.867. The molecule has 23 heavy (non-hydrogen) atoms. The van der Waals surface area contributed by atoms with Crippen LogP contribution in [0.3, 0.4) is 0 Å². The third-order valence-corrected chi connectivity index (χ3v) is 5.26. The zero-order valence-corrected chi connectivity index (χ0v) is 13.7. The second-order valence-corrected chi connectivity index (χ2v) is 6.60. The molecule has 0 bridgehead atoms. The van der Waals surface area contributed by atoms with Gasteiger partial charge in [-0.05, 0) is 44.7 Å². The maximum absolute atomic E-state index is 12.6. The Bertz CT molecular complexity index is 673. The van der Waals surface area contributed by atoms with E-state index in [4.69, 9.17) is 0 Å². The van der Waals surface area contributed by atoms with Crippen LogP contribution in [0.5, 0.6) is 0 Å². The van der Waals surface area contributed by atoms with Crippen LogP contribution in [-0.4, -0.2) is 45.9 Å². The molecule has 0 radical (unpaired) electrons. The molecule has 0 aliphatic carbocycles. The molecule has 2 fully saturated rings. The number of carbonyl (C=O) groups excluding carboxylic acids is 3. The normalized spacial score (nSPS) is 25.4. The van der Waals surface area contributed by atoms with E-state index < -0.39 is 11.6 Å². The van der Waals surface area contributed by atoms with Crippen molar-refractivity contribution in [3.8, 4) is 0 Å². The van der Waals surface area contributed by atoms with Crippen molar-refractivity contribution in [2.24, 2.45) is 13.0 Å². The van der Waals surface area contributed by atoms with Crippen molar-refractivity contribution in [3.63, 3.8) is 0 Å². The Balaban J connectivity index is 1.67. The number of hydrogen-bond donors (Lipinski definition) is 2. The lowest BCUT2D eigenvalue weighted by molar-refractivity contribution is -0.125. The summed E-state index contributed by atoms with van der Waals surface area (Å²) in [7, 11) is 1.88. The van der Waals surface area contributed by atoms with Crippen LogP contribution in [0.4, 0.5) is 4.79 Å². The van der Waals surface area contributed by atoms with Crippen LogP contribution in [0.1, 0.15) is 35.9 Å². The number of aromatic nitrogens is 1. The fourth-order valence-corrected chi connectivity index (χ4v) is 3.49. The highest BCUT2D eigenvalue weighted by molar-refractivity contribution is 6.07. The van der Waals surface area contributed by atoms with Gasteiger partial charge in [0.2, 0.25) is 0 Å². The molecule has 2 saturated heterocycles. The fraction of sp³-hybridized carbons (Fsp3) is 0.562. The van der Waals surface area contributed by atoms with E-state index in [0.717, 1.165) is 5.69 Å². The number of aryl methyl sites for hydroxylation is 1. The Labute approximate surface area is 135 Å². The molecule has 7 nitrogen and oxygen atoms in total. The molecule has 1 aromatic heterocycles. The summed E-state index contributed by atoms with van der Waals surface area (Å²) in [6, 6.07) is 3.34. The summed E-state index contributed by atoms with van der Waals surface area (Å²) in [6.07, 6.45) is 1.39. The first-order valence-electron chi connectivity index (χ1n) is 7.88. The first-order chi connectivity index (χ1) is 10.8. The van der Waals surface area contributed by atoms with Gasteiger partial charge in [0.1, 0.15) is 11.2 Å². The summed E-state index contributed by atoms with van der Waals surface area (Å²) in [5.74, 6) is -0.220. The Hall–Kier alpha value is -2.31. The van der Waals surface area contributed by atoms with Crippen LogP contribution in [0.15, 0.2) is 12.1 Å².